The van der Waals surface area contributed by atoms with Crippen molar-refractivity contribution >= 4 is 11.6 Å². The number of ether oxygens (including phenoxy) is 3. The Morgan fingerprint density at radius 3 is 2.67 bits per heavy atom. The first-order valence-corrected chi connectivity index (χ1v) is 7.54. The summed E-state index contributed by atoms with van der Waals surface area (Å²) in [5.41, 5.74) is 1.01. The van der Waals surface area contributed by atoms with Gasteiger partial charge in [0.1, 0.15) is 0 Å². The molecular formula is C15H23ClN2O3. The van der Waals surface area contributed by atoms with Crippen molar-refractivity contribution in [2.45, 2.75) is 6.54 Å². The van der Waals surface area contributed by atoms with Gasteiger partial charge in [-0.15, -0.1) is 0 Å². The minimum absolute atomic E-state index is 0.589. The molecule has 0 spiro atoms. The van der Waals surface area contributed by atoms with Crippen molar-refractivity contribution in [2.75, 3.05) is 53.6 Å². The fourth-order valence-corrected chi connectivity index (χ4v) is 2.65. The third-order valence-electron chi connectivity index (χ3n) is 3.59. The number of methoxy groups -OCH3 is 2. The van der Waals surface area contributed by atoms with Crippen molar-refractivity contribution in [3.63, 3.8) is 0 Å². The van der Waals surface area contributed by atoms with Crippen LogP contribution in [0.15, 0.2) is 12.1 Å². The molecular weight excluding hydrogens is 292 g/mol. The molecule has 6 heteroatoms. The lowest BCUT2D eigenvalue weighted by Crippen LogP contribution is -2.40. The smallest absolute Gasteiger partial charge is 0.179 e. The average molecular weight is 315 g/mol. The van der Waals surface area contributed by atoms with Gasteiger partial charge in [-0.2, -0.15) is 0 Å². The van der Waals surface area contributed by atoms with E-state index in [2.05, 4.69) is 10.2 Å². The Hall–Kier alpha value is -1.01. The SMILES string of the molecule is COc1ccc(CNCCN2CCOCC2)c(Cl)c1OC. The zero-order chi connectivity index (χ0) is 15.1. The topological polar surface area (TPSA) is 43.0 Å². The largest absolute Gasteiger partial charge is 0.493 e. The fourth-order valence-electron chi connectivity index (χ4n) is 2.35. The highest BCUT2D eigenvalue weighted by atomic mass is 35.5. The predicted molar refractivity (Wildman–Crippen MR) is 83.5 cm³/mol. The maximum Gasteiger partial charge on any atom is 0.179 e. The summed E-state index contributed by atoms with van der Waals surface area (Å²) < 4.78 is 15.9. The standard InChI is InChI=1S/C15H23ClN2O3/c1-19-13-4-3-12(14(16)15(13)20-2)11-17-5-6-18-7-9-21-10-8-18/h3-4,17H,5-11H2,1-2H3. The number of nitrogens with zero attached hydrogens (tertiary/aromatic N) is 1. The van der Waals surface area contributed by atoms with Crippen LogP contribution in [0.4, 0.5) is 0 Å². The van der Waals surface area contributed by atoms with Crippen LogP contribution in [-0.4, -0.2) is 58.5 Å². The summed E-state index contributed by atoms with van der Waals surface area (Å²) in [4.78, 5) is 2.40. The van der Waals surface area contributed by atoms with Crippen LogP contribution in [0.25, 0.3) is 0 Å². The maximum atomic E-state index is 6.35. The molecule has 0 saturated carbocycles. The summed E-state index contributed by atoms with van der Waals surface area (Å²) in [5, 5.41) is 4.02. The maximum absolute atomic E-state index is 6.35. The summed E-state index contributed by atoms with van der Waals surface area (Å²) in [5.74, 6) is 1.24. The van der Waals surface area contributed by atoms with Crippen LogP contribution in [0.1, 0.15) is 5.56 Å². The third-order valence-corrected chi connectivity index (χ3v) is 4.00. The van der Waals surface area contributed by atoms with Crippen molar-refractivity contribution < 1.29 is 14.2 Å². The van der Waals surface area contributed by atoms with Gasteiger partial charge < -0.3 is 19.5 Å². The van der Waals surface area contributed by atoms with Crippen LogP contribution in [0.2, 0.25) is 5.02 Å². The summed E-state index contributed by atoms with van der Waals surface area (Å²) in [7, 11) is 3.20. The number of hydrogen-bond acceptors (Lipinski definition) is 5. The molecule has 1 N–H and O–H groups in total. The van der Waals surface area contributed by atoms with E-state index in [1.54, 1.807) is 14.2 Å². The van der Waals surface area contributed by atoms with Crippen molar-refractivity contribution in [1.29, 1.82) is 0 Å². The molecule has 1 aromatic rings. The van der Waals surface area contributed by atoms with E-state index in [1.165, 1.54) is 0 Å². The Bertz CT molecular complexity index is 451. The zero-order valence-electron chi connectivity index (χ0n) is 12.7. The highest BCUT2D eigenvalue weighted by molar-refractivity contribution is 6.33. The molecule has 1 heterocycles. The third kappa shape index (κ3) is 4.48. The van der Waals surface area contributed by atoms with Gasteiger partial charge in [0, 0.05) is 32.7 Å². The number of halogens is 1. The molecule has 5 nitrogen and oxygen atoms in total. The van der Waals surface area contributed by atoms with Gasteiger partial charge in [-0.05, 0) is 11.6 Å². The van der Waals surface area contributed by atoms with Crippen molar-refractivity contribution in [1.82, 2.24) is 10.2 Å². The molecule has 2 rings (SSSR count). The van der Waals surface area contributed by atoms with E-state index < -0.39 is 0 Å². The summed E-state index contributed by atoms with van der Waals surface area (Å²) in [6.07, 6.45) is 0. The van der Waals surface area contributed by atoms with E-state index in [0.717, 1.165) is 45.0 Å². The molecule has 0 radical (unpaired) electrons. The van der Waals surface area contributed by atoms with Gasteiger partial charge in [-0.1, -0.05) is 17.7 Å². The normalized spacial score (nSPS) is 16.0. The molecule has 1 aliphatic rings. The molecule has 0 bridgehead atoms. The predicted octanol–water partition coefficient (Wildman–Crippen LogP) is 1.78. The van der Waals surface area contributed by atoms with Gasteiger partial charge in [0.25, 0.3) is 0 Å². The molecule has 118 valence electrons. The van der Waals surface area contributed by atoms with Gasteiger partial charge >= 0.3 is 0 Å². The second kappa shape index (κ2) is 8.44. The minimum atomic E-state index is 0.589. The number of morpholine rings is 1. The lowest BCUT2D eigenvalue weighted by Gasteiger charge is -2.26. The second-order valence-corrected chi connectivity index (χ2v) is 5.28. The minimum Gasteiger partial charge on any atom is -0.493 e. The average Bonchev–Trinajstić information content (AvgIpc) is 2.53. The Morgan fingerprint density at radius 1 is 1.24 bits per heavy atom. The number of rotatable bonds is 7. The van der Waals surface area contributed by atoms with E-state index >= 15 is 0 Å². The molecule has 0 atom stereocenters. The first kappa shape index (κ1) is 16.4. The quantitative estimate of drug-likeness (QED) is 0.777. The number of benzene rings is 1. The van der Waals surface area contributed by atoms with Crippen LogP contribution in [0, 0.1) is 0 Å². The Labute approximate surface area is 131 Å². The summed E-state index contributed by atoms with van der Waals surface area (Å²) in [6, 6.07) is 3.84. The van der Waals surface area contributed by atoms with Gasteiger partial charge in [-0.25, -0.2) is 0 Å². The van der Waals surface area contributed by atoms with Crippen LogP contribution in [0.3, 0.4) is 0 Å². The highest BCUT2D eigenvalue weighted by Crippen LogP contribution is 2.37. The van der Waals surface area contributed by atoms with Gasteiger partial charge in [0.2, 0.25) is 0 Å². The van der Waals surface area contributed by atoms with Gasteiger partial charge in [-0.3, -0.25) is 4.90 Å². The molecule has 0 aliphatic carbocycles. The first-order valence-electron chi connectivity index (χ1n) is 7.16. The Kier molecular flexibility index (Phi) is 6.57. The van der Waals surface area contributed by atoms with Crippen LogP contribution in [-0.2, 0) is 11.3 Å². The molecule has 1 fully saturated rings. The van der Waals surface area contributed by atoms with Crippen molar-refractivity contribution in [3.05, 3.63) is 22.7 Å². The molecule has 1 aliphatic heterocycles. The monoisotopic (exact) mass is 314 g/mol. The molecule has 1 aromatic carbocycles. The van der Waals surface area contributed by atoms with E-state index in [1.807, 2.05) is 12.1 Å². The molecule has 0 aromatic heterocycles. The van der Waals surface area contributed by atoms with Gasteiger partial charge in [0.15, 0.2) is 11.5 Å². The van der Waals surface area contributed by atoms with E-state index in [9.17, 15) is 0 Å². The number of hydrogen-bond donors (Lipinski definition) is 1. The highest BCUT2D eigenvalue weighted by Gasteiger charge is 2.13. The Balaban J connectivity index is 1.82. The number of nitrogens with one attached hydrogen (secondary N) is 1. The van der Waals surface area contributed by atoms with Gasteiger partial charge in [0.05, 0.1) is 32.5 Å². The summed E-state index contributed by atoms with van der Waals surface area (Å²) >= 11 is 6.35. The van der Waals surface area contributed by atoms with Crippen LogP contribution in [0.5, 0.6) is 11.5 Å². The van der Waals surface area contributed by atoms with Crippen LogP contribution >= 0.6 is 11.6 Å². The summed E-state index contributed by atoms with van der Waals surface area (Å²) in [6.45, 7) is 6.35. The lowest BCUT2D eigenvalue weighted by atomic mass is 10.2. The zero-order valence-corrected chi connectivity index (χ0v) is 13.4. The molecule has 0 unspecified atom stereocenters. The van der Waals surface area contributed by atoms with Crippen molar-refractivity contribution in [3.8, 4) is 11.5 Å². The van der Waals surface area contributed by atoms with E-state index in [-0.39, 0.29) is 0 Å². The second-order valence-electron chi connectivity index (χ2n) is 4.90. The van der Waals surface area contributed by atoms with E-state index in [0.29, 0.717) is 23.1 Å². The van der Waals surface area contributed by atoms with Crippen LogP contribution < -0.4 is 14.8 Å². The molecule has 1 saturated heterocycles. The first-order chi connectivity index (χ1) is 10.3. The van der Waals surface area contributed by atoms with Crippen molar-refractivity contribution in [2.24, 2.45) is 0 Å². The Morgan fingerprint density at radius 2 is 2.00 bits per heavy atom. The fraction of sp³-hybridized carbons (Fsp3) is 0.600. The van der Waals surface area contributed by atoms with E-state index in [4.69, 9.17) is 25.8 Å². The molecule has 0 amide bonds. The molecule has 21 heavy (non-hydrogen) atoms. The lowest BCUT2D eigenvalue weighted by molar-refractivity contribution is 0.0384.